The summed E-state index contributed by atoms with van der Waals surface area (Å²) in [4.78, 5) is 8.38. The topological polar surface area (TPSA) is 81.6 Å². The number of hydrogen-bond acceptors (Lipinski definition) is 6. The Balaban J connectivity index is 1.30. The normalized spacial score (nSPS) is 22.0. The van der Waals surface area contributed by atoms with Gasteiger partial charge in [0.1, 0.15) is 4.90 Å². The molecule has 2 fully saturated rings. The third-order valence-corrected chi connectivity index (χ3v) is 7.12. The van der Waals surface area contributed by atoms with E-state index in [2.05, 4.69) is 9.97 Å². The van der Waals surface area contributed by atoms with Crippen LogP contribution in [-0.4, -0.2) is 54.6 Å². The predicted molar refractivity (Wildman–Crippen MR) is 98.3 cm³/mol. The fourth-order valence-corrected chi connectivity index (χ4v) is 5.32. The number of sulfonamides is 1. The van der Waals surface area contributed by atoms with Gasteiger partial charge in [0.05, 0.1) is 17.9 Å². The lowest BCUT2D eigenvalue weighted by Gasteiger charge is -2.49. The van der Waals surface area contributed by atoms with Gasteiger partial charge in [0.15, 0.2) is 0 Å². The lowest BCUT2D eigenvalue weighted by Crippen LogP contribution is -2.65. The second-order valence-electron chi connectivity index (χ2n) is 7.02. The smallest absolute Gasteiger partial charge is 0.244 e. The second kappa shape index (κ2) is 7.63. The van der Waals surface area contributed by atoms with Crippen molar-refractivity contribution < 1.29 is 17.9 Å². The molecule has 2 aromatic heterocycles. The highest BCUT2D eigenvalue weighted by molar-refractivity contribution is 7.89. The first-order chi connectivity index (χ1) is 13.1. The molecule has 2 saturated heterocycles. The summed E-state index contributed by atoms with van der Waals surface area (Å²) in [5.41, 5.74) is 0.538. The van der Waals surface area contributed by atoms with Crippen LogP contribution >= 0.6 is 0 Å². The van der Waals surface area contributed by atoms with E-state index < -0.39 is 10.0 Å². The molecule has 0 amide bonds. The maximum atomic E-state index is 12.7. The van der Waals surface area contributed by atoms with Gasteiger partial charge in [0, 0.05) is 44.9 Å². The van der Waals surface area contributed by atoms with E-state index in [-0.39, 0.29) is 10.5 Å². The Labute approximate surface area is 159 Å². The average molecular weight is 389 g/mol. The first-order valence-electron chi connectivity index (χ1n) is 9.12. The molecule has 4 heterocycles. The Hall–Kier alpha value is -1.87. The highest BCUT2D eigenvalue weighted by Crippen LogP contribution is 2.43. The lowest BCUT2D eigenvalue weighted by molar-refractivity contribution is -0.106. The zero-order valence-corrected chi connectivity index (χ0v) is 15.8. The summed E-state index contributed by atoms with van der Waals surface area (Å²) in [7, 11) is -3.50. The summed E-state index contributed by atoms with van der Waals surface area (Å²) in [5, 5.41) is 0. The Morgan fingerprint density at radius 2 is 2.11 bits per heavy atom. The van der Waals surface area contributed by atoms with E-state index >= 15 is 0 Å². The van der Waals surface area contributed by atoms with Crippen LogP contribution in [0, 0.1) is 5.92 Å². The monoisotopic (exact) mass is 389 g/mol. The number of hydrogen-bond donors (Lipinski definition) is 0. The molecule has 0 aromatic carbocycles. The van der Waals surface area contributed by atoms with E-state index in [9.17, 15) is 8.42 Å². The number of ether oxygens (including phenoxy) is 2. The van der Waals surface area contributed by atoms with Crippen molar-refractivity contribution in [1.29, 1.82) is 0 Å². The Morgan fingerprint density at radius 3 is 2.85 bits per heavy atom. The summed E-state index contributed by atoms with van der Waals surface area (Å²) in [5.74, 6) is 0.307. The molecule has 8 heteroatoms. The SMILES string of the molecule is O=S(=O)(c1cccnc1)N1CC2(C1)OCCC2CCOCc1ccccn1. The Kier molecular flexibility index (Phi) is 5.23. The molecule has 7 nitrogen and oxygen atoms in total. The molecule has 2 aromatic rings. The molecule has 2 aliphatic rings. The van der Waals surface area contributed by atoms with Crippen molar-refractivity contribution in [3.8, 4) is 0 Å². The molecule has 144 valence electrons. The maximum Gasteiger partial charge on any atom is 0.244 e. The van der Waals surface area contributed by atoms with E-state index in [0.717, 1.165) is 18.5 Å². The minimum absolute atomic E-state index is 0.230. The van der Waals surface area contributed by atoms with Crippen LogP contribution in [-0.2, 0) is 26.1 Å². The van der Waals surface area contributed by atoms with Crippen molar-refractivity contribution in [3.05, 3.63) is 54.6 Å². The van der Waals surface area contributed by atoms with Crippen LogP contribution in [0.15, 0.2) is 53.8 Å². The molecule has 2 aliphatic heterocycles. The average Bonchev–Trinajstić information content (AvgIpc) is 3.10. The fourth-order valence-electron chi connectivity index (χ4n) is 3.80. The number of aromatic nitrogens is 2. The molecule has 0 aliphatic carbocycles. The van der Waals surface area contributed by atoms with Crippen molar-refractivity contribution in [2.24, 2.45) is 5.92 Å². The van der Waals surface area contributed by atoms with Crippen molar-refractivity contribution in [2.45, 2.75) is 29.9 Å². The molecule has 4 rings (SSSR count). The van der Waals surface area contributed by atoms with E-state index in [1.54, 1.807) is 24.5 Å². The van der Waals surface area contributed by atoms with Gasteiger partial charge in [0.25, 0.3) is 0 Å². The van der Waals surface area contributed by atoms with Gasteiger partial charge in [-0.05, 0) is 43.0 Å². The third-order valence-electron chi connectivity index (χ3n) is 5.35. The van der Waals surface area contributed by atoms with Gasteiger partial charge in [-0.3, -0.25) is 9.97 Å². The van der Waals surface area contributed by atoms with Crippen LogP contribution in [0.25, 0.3) is 0 Å². The highest BCUT2D eigenvalue weighted by atomic mass is 32.2. The molecule has 0 bridgehead atoms. The van der Waals surface area contributed by atoms with Gasteiger partial charge in [-0.15, -0.1) is 0 Å². The van der Waals surface area contributed by atoms with Crippen molar-refractivity contribution in [2.75, 3.05) is 26.3 Å². The lowest BCUT2D eigenvalue weighted by atomic mass is 9.80. The van der Waals surface area contributed by atoms with E-state index in [4.69, 9.17) is 9.47 Å². The van der Waals surface area contributed by atoms with Crippen molar-refractivity contribution in [1.82, 2.24) is 14.3 Å². The number of nitrogens with zero attached hydrogens (tertiary/aromatic N) is 3. The molecular weight excluding hydrogens is 366 g/mol. The molecule has 27 heavy (non-hydrogen) atoms. The Morgan fingerprint density at radius 1 is 1.22 bits per heavy atom. The van der Waals surface area contributed by atoms with Gasteiger partial charge in [0.2, 0.25) is 10.0 Å². The molecule has 0 saturated carbocycles. The van der Waals surface area contributed by atoms with Gasteiger partial charge < -0.3 is 9.47 Å². The van der Waals surface area contributed by atoms with Gasteiger partial charge in [-0.1, -0.05) is 6.07 Å². The Bertz CT molecular complexity index is 855. The van der Waals surface area contributed by atoms with Crippen LogP contribution in [0.5, 0.6) is 0 Å². The summed E-state index contributed by atoms with van der Waals surface area (Å²) in [6, 6.07) is 8.97. The molecular formula is C19H23N3O4S. The zero-order valence-electron chi connectivity index (χ0n) is 15.0. The van der Waals surface area contributed by atoms with Crippen molar-refractivity contribution >= 4 is 10.0 Å². The van der Waals surface area contributed by atoms with E-state index in [1.165, 1.54) is 10.5 Å². The molecule has 1 unspecified atom stereocenters. The van der Waals surface area contributed by atoms with Gasteiger partial charge in [-0.2, -0.15) is 4.31 Å². The number of pyridine rings is 2. The first kappa shape index (κ1) is 18.5. The fraction of sp³-hybridized carbons (Fsp3) is 0.474. The zero-order chi connectivity index (χ0) is 18.7. The van der Waals surface area contributed by atoms with Crippen LogP contribution in [0.4, 0.5) is 0 Å². The highest BCUT2D eigenvalue weighted by Gasteiger charge is 2.56. The van der Waals surface area contributed by atoms with Gasteiger partial charge in [-0.25, -0.2) is 8.42 Å². The first-order valence-corrected chi connectivity index (χ1v) is 10.6. The third kappa shape index (κ3) is 3.75. The maximum absolute atomic E-state index is 12.7. The quantitative estimate of drug-likeness (QED) is 0.673. The van der Waals surface area contributed by atoms with Crippen LogP contribution in [0.3, 0.4) is 0 Å². The summed E-state index contributed by atoms with van der Waals surface area (Å²) < 4.78 is 38.6. The minimum Gasteiger partial charge on any atom is -0.375 e. The number of rotatable bonds is 7. The molecule has 0 radical (unpaired) electrons. The van der Waals surface area contributed by atoms with Gasteiger partial charge >= 0.3 is 0 Å². The molecule has 1 atom stereocenters. The minimum atomic E-state index is -3.50. The molecule has 1 spiro atoms. The van der Waals surface area contributed by atoms with Crippen LogP contribution in [0.1, 0.15) is 18.5 Å². The standard InChI is InChI=1S/C19H23N3O4S/c23-27(24,18-5-3-8-20-12-18)22-14-19(15-22)16(7-11-26-19)6-10-25-13-17-4-1-2-9-21-17/h1-5,8-9,12,16H,6-7,10-11,13-15H2. The largest absolute Gasteiger partial charge is 0.375 e. The second-order valence-corrected chi connectivity index (χ2v) is 8.96. The van der Waals surface area contributed by atoms with E-state index in [0.29, 0.717) is 38.8 Å². The summed E-state index contributed by atoms with van der Waals surface area (Å²) >= 11 is 0. The van der Waals surface area contributed by atoms with E-state index in [1.807, 2.05) is 18.2 Å². The predicted octanol–water partition coefficient (Wildman–Crippen LogP) is 1.86. The molecule has 0 N–H and O–H groups in total. The summed E-state index contributed by atoms with van der Waals surface area (Å²) in [6.45, 7) is 2.57. The summed E-state index contributed by atoms with van der Waals surface area (Å²) in [6.07, 6.45) is 6.50. The van der Waals surface area contributed by atoms with Crippen molar-refractivity contribution in [3.63, 3.8) is 0 Å². The van der Waals surface area contributed by atoms with Crippen LogP contribution < -0.4 is 0 Å². The van der Waals surface area contributed by atoms with Crippen LogP contribution in [0.2, 0.25) is 0 Å².